The van der Waals surface area contributed by atoms with Crippen molar-refractivity contribution >= 4 is 29.9 Å². The standard InChI is InChI=1S/C11H25N3O.HI/c1-9(2)6-7-13-11(12-4)14-10(3)8-15-5;/h9-10H,6-8H2,1-5H3,(H2,12,13,14);1H. The van der Waals surface area contributed by atoms with Crippen molar-refractivity contribution in [1.82, 2.24) is 10.6 Å². The van der Waals surface area contributed by atoms with Crippen molar-refractivity contribution in [1.29, 1.82) is 0 Å². The minimum absolute atomic E-state index is 0. The minimum Gasteiger partial charge on any atom is -0.383 e. The number of hydrogen-bond donors (Lipinski definition) is 2. The fraction of sp³-hybridized carbons (Fsp3) is 0.909. The zero-order valence-electron chi connectivity index (χ0n) is 11.0. The molecule has 0 amide bonds. The van der Waals surface area contributed by atoms with Crippen LogP contribution in [-0.2, 0) is 4.74 Å². The number of aliphatic imine (C=N–C) groups is 1. The molecule has 0 saturated carbocycles. The highest BCUT2D eigenvalue weighted by Gasteiger charge is 2.03. The predicted octanol–water partition coefficient (Wildman–Crippen LogP) is 1.85. The van der Waals surface area contributed by atoms with Crippen molar-refractivity contribution in [3.05, 3.63) is 0 Å². The lowest BCUT2D eigenvalue weighted by Crippen LogP contribution is -2.44. The van der Waals surface area contributed by atoms with Gasteiger partial charge in [0, 0.05) is 26.7 Å². The smallest absolute Gasteiger partial charge is 0.191 e. The molecule has 0 aliphatic heterocycles. The molecular weight excluding hydrogens is 317 g/mol. The predicted molar refractivity (Wildman–Crippen MR) is 80.7 cm³/mol. The summed E-state index contributed by atoms with van der Waals surface area (Å²) in [5, 5.41) is 6.53. The molecule has 1 atom stereocenters. The van der Waals surface area contributed by atoms with E-state index >= 15 is 0 Å². The molecule has 0 heterocycles. The topological polar surface area (TPSA) is 45.7 Å². The fourth-order valence-electron chi connectivity index (χ4n) is 1.20. The van der Waals surface area contributed by atoms with Crippen molar-refractivity contribution in [3.63, 3.8) is 0 Å². The summed E-state index contributed by atoms with van der Waals surface area (Å²) in [4.78, 5) is 4.15. The van der Waals surface area contributed by atoms with Gasteiger partial charge in [0.05, 0.1) is 6.61 Å². The van der Waals surface area contributed by atoms with Gasteiger partial charge in [0.25, 0.3) is 0 Å². The molecule has 0 aromatic carbocycles. The molecule has 16 heavy (non-hydrogen) atoms. The average Bonchev–Trinajstić information content (AvgIpc) is 2.16. The Morgan fingerprint density at radius 3 is 2.38 bits per heavy atom. The van der Waals surface area contributed by atoms with Crippen LogP contribution in [-0.4, -0.2) is 39.3 Å². The SMILES string of the molecule is CN=C(NCCC(C)C)NC(C)COC.I. The molecule has 0 bridgehead atoms. The fourth-order valence-corrected chi connectivity index (χ4v) is 1.20. The van der Waals surface area contributed by atoms with Gasteiger partial charge in [0.1, 0.15) is 0 Å². The van der Waals surface area contributed by atoms with Gasteiger partial charge in [-0.05, 0) is 19.3 Å². The van der Waals surface area contributed by atoms with Crippen molar-refractivity contribution < 1.29 is 4.74 Å². The summed E-state index contributed by atoms with van der Waals surface area (Å²) in [7, 11) is 3.48. The third-order valence-corrected chi connectivity index (χ3v) is 2.04. The molecule has 0 saturated heterocycles. The number of hydrogen-bond acceptors (Lipinski definition) is 2. The van der Waals surface area contributed by atoms with Crippen LogP contribution in [0.1, 0.15) is 27.2 Å². The lowest BCUT2D eigenvalue weighted by Gasteiger charge is -2.17. The Bertz CT molecular complexity index is 186. The van der Waals surface area contributed by atoms with Crippen LogP contribution >= 0.6 is 24.0 Å². The van der Waals surface area contributed by atoms with Crippen LogP contribution in [0.4, 0.5) is 0 Å². The maximum absolute atomic E-state index is 5.05. The Balaban J connectivity index is 0. The number of ether oxygens (including phenoxy) is 1. The number of nitrogens with one attached hydrogen (secondary N) is 2. The minimum atomic E-state index is 0. The summed E-state index contributed by atoms with van der Waals surface area (Å²) in [6.45, 7) is 8.14. The first-order chi connectivity index (χ1) is 7.10. The van der Waals surface area contributed by atoms with Crippen LogP contribution in [0.3, 0.4) is 0 Å². The summed E-state index contributed by atoms with van der Waals surface area (Å²) in [6.07, 6.45) is 1.15. The van der Waals surface area contributed by atoms with E-state index in [9.17, 15) is 0 Å². The highest BCUT2D eigenvalue weighted by Crippen LogP contribution is 1.96. The summed E-state index contributed by atoms with van der Waals surface area (Å²) >= 11 is 0. The molecule has 0 aromatic heterocycles. The quantitative estimate of drug-likeness (QED) is 0.440. The highest BCUT2D eigenvalue weighted by atomic mass is 127. The van der Waals surface area contributed by atoms with Gasteiger partial charge in [-0.2, -0.15) is 0 Å². The van der Waals surface area contributed by atoms with Crippen LogP contribution in [0.5, 0.6) is 0 Å². The zero-order valence-corrected chi connectivity index (χ0v) is 13.4. The molecule has 0 aromatic rings. The summed E-state index contributed by atoms with van der Waals surface area (Å²) in [5.41, 5.74) is 0. The number of nitrogens with zero attached hydrogens (tertiary/aromatic N) is 1. The molecule has 0 aliphatic carbocycles. The summed E-state index contributed by atoms with van der Waals surface area (Å²) < 4.78 is 5.05. The lowest BCUT2D eigenvalue weighted by atomic mass is 10.1. The van der Waals surface area contributed by atoms with Crippen LogP contribution in [0.25, 0.3) is 0 Å². The molecule has 0 rings (SSSR count). The van der Waals surface area contributed by atoms with E-state index in [1.165, 1.54) is 0 Å². The van der Waals surface area contributed by atoms with Gasteiger partial charge in [-0.1, -0.05) is 13.8 Å². The second kappa shape index (κ2) is 11.4. The summed E-state index contributed by atoms with van der Waals surface area (Å²) in [6, 6.07) is 0.278. The number of rotatable bonds is 6. The van der Waals surface area contributed by atoms with Crippen LogP contribution in [0.2, 0.25) is 0 Å². The normalized spacial score (nSPS) is 13.2. The molecule has 0 aliphatic rings. The Morgan fingerprint density at radius 2 is 1.94 bits per heavy atom. The third-order valence-electron chi connectivity index (χ3n) is 2.04. The van der Waals surface area contributed by atoms with Crippen LogP contribution in [0, 0.1) is 5.92 Å². The number of halogens is 1. The van der Waals surface area contributed by atoms with Crippen LogP contribution < -0.4 is 10.6 Å². The molecule has 0 fully saturated rings. The number of guanidine groups is 1. The van der Waals surface area contributed by atoms with E-state index in [4.69, 9.17) is 4.74 Å². The van der Waals surface area contributed by atoms with Crippen molar-refractivity contribution in [2.45, 2.75) is 33.2 Å². The van der Waals surface area contributed by atoms with E-state index in [0.29, 0.717) is 12.5 Å². The van der Waals surface area contributed by atoms with E-state index in [-0.39, 0.29) is 30.0 Å². The molecule has 4 nitrogen and oxygen atoms in total. The second-order valence-corrected chi connectivity index (χ2v) is 4.18. The van der Waals surface area contributed by atoms with Gasteiger partial charge in [0.2, 0.25) is 0 Å². The van der Waals surface area contributed by atoms with Gasteiger partial charge >= 0.3 is 0 Å². The lowest BCUT2D eigenvalue weighted by molar-refractivity contribution is 0.179. The first-order valence-electron chi connectivity index (χ1n) is 5.56. The molecule has 0 spiro atoms. The third kappa shape index (κ3) is 10.5. The Kier molecular flexibility index (Phi) is 13.1. The van der Waals surface area contributed by atoms with E-state index in [2.05, 4.69) is 36.4 Å². The van der Waals surface area contributed by atoms with Crippen molar-refractivity contribution in [2.24, 2.45) is 10.9 Å². The first-order valence-corrected chi connectivity index (χ1v) is 5.56. The molecule has 2 N–H and O–H groups in total. The maximum atomic E-state index is 5.05. The van der Waals surface area contributed by atoms with Gasteiger partial charge in [-0.3, -0.25) is 4.99 Å². The van der Waals surface area contributed by atoms with Crippen molar-refractivity contribution in [2.75, 3.05) is 27.3 Å². The molecular formula is C11H26IN3O. The monoisotopic (exact) mass is 343 g/mol. The van der Waals surface area contributed by atoms with Gasteiger partial charge < -0.3 is 15.4 Å². The maximum Gasteiger partial charge on any atom is 0.191 e. The van der Waals surface area contributed by atoms with E-state index < -0.39 is 0 Å². The largest absolute Gasteiger partial charge is 0.383 e. The van der Waals surface area contributed by atoms with Gasteiger partial charge in [-0.25, -0.2) is 0 Å². The van der Waals surface area contributed by atoms with Crippen LogP contribution in [0.15, 0.2) is 4.99 Å². The number of methoxy groups -OCH3 is 1. The molecule has 98 valence electrons. The molecule has 5 heteroatoms. The van der Waals surface area contributed by atoms with Gasteiger partial charge in [-0.15, -0.1) is 24.0 Å². The summed E-state index contributed by atoms with van der Waals surface area (Å²) in [5.74, 6) is 1.56. The first kappa shape index (κ1) is 18.3. The Morgan fingerprint density at radius 1 is 1.31 bits per heavy atom. The van der Waals surface area contributed by atoms with E-state index in [1.54, 1.807) is 14.2 Å². The molecule has 1 unspecified atom stereocenters. The second-order valence-electron chi connectivity index (χ2n) is 4.18. The highest BCUT2D eigenvalue weighted by molar-refractivity contribution is 14.0. The van der Waals surface area contributed by atoms with E-state index in [1.807, 2.05) is 0 Å². The van der Waals surface area contributed by atoms with Crippen molar-refractivity contribution in [3.8, 4) is 0 Å². The zero-order chi connectivity index (χ0) is 11.7. The Labute approximate surface area is 117 Å². The Hall–Kier alpha value is -0.0400. The molecule has 0 radical (unpaired) electrons. The van der Waals surface area contributed by atoms with E-state index in [0.717, 1.165) is 18.9 Å². The van der Waals surface area contributed by atoms with Gasteiger partial charge in [0.15, 0.2) is 5.96 Å². The average molecular weight is 343 g/mol.